The van der Waals surface area contributed by atoms with E-state index in [0.717, 1.165) is 38.8 Å². The van der Waals surface area contributed by atoms with Crippen LogP contribution in [-0.4, -0.2) is 68.4 Å². The van der Waals surface area contributed by atoms with Gasteiger partial charge in [-0.1, -0.05) is 0 Å². The van der Waals surface area contributed by atoms with Gasteiger partial charge in [-0.15, -0.1) is 0 Å². The summed E-state index contributed by atoms with van der Waals surface area (Å²) in [6.45, 7) is 4.76. The summed E-state index contributed by atoms with van der Waals surface area (Å²) in [5.41, 5.74) is 0. The molecule has 2 saturated heterocycles. The van der Waals surface area contributed by atoms with Gasteiger partial charge in [0.15, 0.2) is 0 Å². The van der Waals surface area contributed by atoms with Crippen molar-refractivity contribution in [3.8, 4) is 0 Å². The van der Waals surface area contributed by atoms with Gasteiger partial charge in [-0.05, 0) is 38.3 Å². The lowest BCUT2D eigenvalue weighted by Gasteiger charge is -2.35. The number of aliphatic hydroxyl groups is 1. The maximum Gasteiger partial charge on any atom is 0.219 e. The molecule has 3 unspecified atom stereocenters. The number of carbonyl (C=O) groups is 1. The molecule has 0 aliphatic carbocycles. The zero-order chi connectivity index (χ0) is 15.5. The molecule has 22 heavy (non-hydrogen) atoms. The minimum Gasteiger partial charge on any atom is -0.390 e. The predicted molar refractivity (Wildman–Crippen MR) is 83.2 cm³/mol. The fourth-order valence-corrected chi connectivity index (χ4v) is 4.05. The molecule has 2 fully saturated rings. The summed E-state index contributed by atoms with van der Waals surface area (Å²) < 4.78 is 1.77. The van der Waals surface area contributed by atoms with Crippen LogP contribution in [0.1, 0.15) is 32.6 Å². The van der Waals surface area contributed by atoms with Gasteiger partial charge in [0.2, 0.25) is 5.91 Å². The first-order chi connectivity index (χ1) is 10.6. The quantitative estimate of drug-likeness (QED) is 0.871. The fourth-order valence-electron chi connectivity index (χ4n) is 4.05. The lowest BCUT2D eigenvalue weighted by molar-refractivity contribution is -0.130. The van der Waals surface area contributed by atoms with Gasteiger partial charge in [-0.25, -0.2) is 0 Å². The average Bonchev–Trinajstić information content (AvgIpc) is 3.17. The van der Waals surface area contributed by atoms with E-state index in [4.69, 9.17) is 0 Å². The largest absolute Gasteiger partial charge is 0.390 e. The molecule has 6 heteroatoms. The van der Waals surface area contributed by atoms with Crippen LogP contribution in [0.25, 0.3) is 0 Å². The summed E-state index contributed by atoms with van der Waals surface area (Å²) in [5.74, 6) is 0.187. The van der Waals surface area contributed by atoms with E-state index in [1.54, 1.807) is 17.8 Å². The monoisotopic (exact) mass is 306 g/mol. The molecule has 2 aliphatic rings. The summed E-state index contributed by atoms with van der Waals surface area (Å²) >= 11 is 0. The van der Waals surface area contributed by atoms with Crippen LogP contribution in [0.15, 0.2) is 18.5 Å². The van der Waals surface area contributed by atoms with E-state index in [1.165, 1.54) is 0 Å². The van der Waals surface area contributed by atoms with Crippen LogP contribution in [0.2, 0.25) is 0 Å². The van der Waals surface area contributed by atoms with Crippen molar-refractivity contribution in [2.24, 2.45) is 0 Å². The Hall–Kier alpha value is -1.40. The molecule has 0 radical (unpaired) electrons. The second kappa shape index (κ2) is 6.79. The Morgan fingerprint density at radius 1 is 1.27 bits per heavy atom. The van der Waals surface area contributed by atoms with E-state index in [9.17, 15) is 9.90 Å². The Morgan fingerprint density at radius 2 is 2.05 bits per heavy atom. The lowest BCUT2D eigenvalue weighted by atomic mass is 10.0. The van der Waals surface area contributed by atoms with Crippen LogP contribution in [0.3, 0.4) is 0 Å². The number of hydrogen-bond acceptors (Lipinski definition) is 4. The predicted octanol–water partition coefficient (Wildman–Crippen LogP) is 0.719. The zero-order valence-corrected chi connectivity index (χ0v) is 13.3. The van der Waals surface area contributed by atoms with Crippen molar-refractivity contribution >= 4 is 5.91 Å². The first-order valence-corrected chi connectivity index (χ1v) is 8.32. The van der Waals surface area contributed by atoms with E-state index in [0.29, 0.717) is 25.2 Å². The summed E-state index contributed by atoms with van der Waals surface area (Å²) in [6, 6.07) is 2.60. The van der Waals surface area contributed by atoms with Crippen molar-refractivity contribution in [1.29, 1.82) is 0 Å². The second-order valence-electron chi connectivity index (χ2n) is 6.51. The number of nitrogens with zero attached hydrogens (tertiary/aromatic N) is 4. The van der Waals surface area contributed by atoms with Crippen LogP contribution < -0.4 is 0 Å². The minimum absolute atomic E-state index is 0.187. The maximum atomic E-state index is 11.8. The summed E-state index contributed by atoms with van der Waals surface area (Å²) in [4.78, 5) is 16.2. The molecular weight excluding hydrogens is 280 g/mol. The molecule has 3 rings (SSSR count). The van der Waals surface area contributed by atoms with Crippen molar-refractivity contribution in [1.82, 2.24) is 19.6 Å². The van der Waals surface area contributed by atoms with Gasteiger partial charge < -0.3 is 10.0 Å². The Bertz CT molecular complexity index is 490. The first kappa shape index (κ1) is 15.5. The Balaban J connectivity index is 1.59. The van der Waals surface area contributed by atoms with Crippen LogP contribution in [0.4, 0.5) is 0 Å². The molecule has 0 spiro atoms. The maximum absolute atomic E-state index is 11.8. The van der Waals surface area contributed by atoms with Gasteiger partial charge in [0.25, 0.3) is 0 Å². The lowest BCUT2D eigenvalue weighted by Crippen LogP contribution is -2.49. The van der Waals surface area contributed by atoms with Crippen molar-refractivity contribution in [2.45, 2.75) is 57.3 Å². The molecule has 1 amide bonds. The third-order valence-electron chi connectivity index (χ3n) is 4.96. The number of rotatable bonds is 5. The molecule has 0 bridgehead atoms. The van der Waals surface area contributed by atoms with E-state index in [1.807, 2.05) is 17.2 Å². The zero-order valence-electron chi connectivity index (χ0n) is 13.3. The van der Waals surface area contributed by atoms with Gasteiger partial charge in [-0.2, -0.15) is 5.10 Å². The highest BCUT2D eigenvalue weighted by Crippen LogP contribution is 2.30. The van der Waals surface area contributed by atoms with Crippen molar-refractivity contribution in [3.63, 3.8) is 0 Å². The fraction of sp³-hybridized carbons (Fsp3) is 0.750. The Morgan fingerprint density at radius 3 is 2.77 bits per heavy atom. The molecule has 3 atom stereocenters. The van der Waals surface area contributed by atoms with Crippen molar-refractivity contribution in [3.05, 3.63) is 18.5 Å². The standard InChI is InChI=1S/C16H26N4O2/c1-13(21)20-10-3-6-16(20)15-5-2-8-18(15)11-14(22)12-19-9-4-7-17-19/h4,7,9,14-16,22H,2-3,5-6,8,10-12H2,1H3. The molecule has 6 nitrogen and oxygen atoms in total. The van der Waals surface area contributed by atoms with Crippen molar-refractivity contribution in [2.75, 3.05) is 19.6 Å². The summed E-state index contributed by atoms with van der Waals surface area (Å²) in [5, 5.41) is 14.5. The van der Waals surface area contributed by atoms with E-state index >= 15 is 0 Å². The third kappa shape index (κ3) is 3.33. The third-order valence-corrected chi connectivity index (χ3v) is 4.96. The Labute approximate surface area is 131 Å². The highest BCUT2D eigenvalue weighted by molar-refractivity contribution is 5.74. The molecule has 1 aromatic heterocycles. The van der Waals surface area contributed by atoms with Crippen molar-refractivity contribution < 1.29 is 9.90 Å². The number of aliphatic hydroxyl groups excluding tert-OH is 1. The number of likely N-dealkylation sites (tertiary alicyclic amines) is 2. The highest BCUT2D eigenvalue weighted by atomic mass is 16.3. The topological polar surface area (TPSA) is 61.6 Å². The van der Waals surface area contributed by atoms with Gasteiger partial charge >= 0.3 is 0 Å². The molecule has 0 aromatic carbocycles. The van der Waals surface area contributed by atoms with Gasteiger partial charge in [0.1, 0.15) is 0 Å². The smallest absolute Gasteiger partial charge is 0.219 e. The molecular formula is C16H26N4O2. The van der Waals surface area contributed by atoms with Gasteiger partial charge in [-0.3, -0.25) is 14.4 Å². The average molecular weight is 306 g/mol. The molecule has 3 heterocycles. The number of hydrogen-bond donors (Lipinski definition) is 1. The SMILES string of the molecule is CC(=O)N1CCCC1C1CCCN1CC(O)Cn1cccn1. The highest BCUT2D eigenvalue weighted by Gasteiger charge is 2.39. The first-order valence-electron chi connectivity index (χ1n) is 8.32. The van der Waals surface area contributed by atoms with E-state index in [2.05, 4.69) is 10.00 Å². The number of carbonyl (C=O) groups excluding carboxylic acids is 1. The number of β-amino-alcohol motifs (C(OH)–C–C–N with tert-alkyl or cyclic N) is 1. The summed E-state index contributed by atoms with van der Waals surface area (Å²) in [6.07, 6.45) is 7.66. The molecule has 1 N–H and O–H groups in total. The van der Waals surface area contributed by atoms with Gasteiger partial charge in [0, 0.05) is 44.5 Å². The van der Waals surface area contributed by atoms with E-state index < -0.39 is 6.10 Å². The normalized spacial score (nSPS) is 27.5. The van der Waals surface area contributed by atoms with E-state index in [-0.39, 0.29) is 5.91 Å². The Kier molecular flexibility index (Phi) is 4.78. The van der Waals surface area contributed by atoms with Crippen LogP contribution >= 0.6 is 0 Å². The minimum atomic E-state index is -0.423. The molecule has 122 valence electrons. The summed E-state index contributed by atoms with van der Waals surface area (Å²) in [7, 11) is 0. The van der Waals surface area contributed by atoms with Crippen LogP contribution in [0, 0.1) is 0 Å². The number of amides is 1. The molecule has 1 aromatic rings. The molecule has 0 saturated carbocycles. The second-order valence-corrected chi connectivity index (χ2v) is 6.51. The van der Waals surface area contributed by atoms with Crippen LogP contribution in [-0.2, 0) is 11.3 Å². The number of aromatic nitrogens is 2. The molecule has 2 aliphatic heterocycles. The van der Waals surface area contributed by atoms with Gasteiger partial charge in [0.05, 0.1) is 12.6 Å². The van der Waals surface area contributed by atoms with Crippen LogP contribution in [0.5, 0.6) is 0 Å².